The molecule has 1 aliphatic heterocycles. The van der Waals surface area contributed by atoms with Crippen LogP contribution in [0.15, 0.2) is 12.4 Å². The maximum Gasteiger partial charge on any atom is 0.270 e. The average Bonchev–Trinajstić information content (AvgIpc) is 2.49. The molecule has 1 aliphatic rings. The average molecular weight is 491 g/mol. The molecule has 0 bridgehead atoms. The van der Waals surface area contributed by atoms with Gasteiger partial charge in [0.15, 0.2) is 5.91 Å². The van der Waals surface area contributed by atoms with Crippen LogP contribution in [-0.2, 0) is 21.1 Å². The molecule has 10 heteroatoms. The van der Waals surface area contributed by atoms with Crippen LogP contribution in [0.4, 0.5) is 14.6 Å². The van der Waals surface area contributed by atoms with Gasteiger partial charge in [0.05, 0.1) is 5.82 Å². The maximum absolute atomic E-state index is 13.9. The van der Waals surface area contributed by atoms with Crippen LogP contribution in [0.2, 0.25) is 0 Å². The van der Waals surface area contributed by atoms with Crippen LogP contribution >= 0.6 is 0 Å². The van der Waals surface area contributed by atoms with Crippen molar-refractivity contribution in [3.63, 3.8) is 0 Å². The Hall–Kier alpha value is -1.73. The minimum atomic E-state index is -2.87. The molecule has 2 aromatic rings. The van der Waals surface area contributed by atoms with Crippen molar-refractivity contribution in [1.29, 1.82) is 0 Å². The molecule has 4 N–H and O–H groups in total. The fourth-order valence-corrected chi connectivity index (χ4v) is 2.35. The number of anilines is 1. The van der Waals surface area contributed by atoms with Crippen LogP contribution in [0.25, 0.3) is 11.0 Å². The fraction of sp³-hybridized carbons (Fsp3) is 0.385. The summed E-state index contributed by atoms with van der Waals surface area (Å²) in [6.07, 6.45) is 3.42. The first-order chi connectivity index (χ1) is 10.5. The van der Waals surface area contributed by atoms with E-state index in [0.717, 1.165) is 0 Å². The Labute approximate surface area is 144 Å². The minimum Gasteiger partial charge on any atom is -0.381 e. The summed E-state index contributed by atoms with van der Waals surface area (Å²) in [6, 6.07) is 0.177. The molecule has 0 unspecified atom stereocenters. The number of halogens is 2. The van der Waals surface area contributed by atoms with Gasteiger partial charge in [0, 0.05) is 46.1 Å². The summed E-state index contributed by atoms with van der Waals surface area (Å²) >= 11 is 0. The number of carbonyl (C=O) groups is 1. The molecule has 0 radical (unpaired) electrons. The second-order valence-corrected chi connectivity index (χ2v) is 4.99. The number of hydrogen-bond acceptors (Lipinski definition) is 6. The molecule has 3 heterocycles. The third-order valence-corrected chi connectivity index (χ3v) is 3.53. The van der Waals surface area contributed by atoms with Crippen LogP contribution in [-0.4, -0.2) is 45.9 Å². The number of aromatic nitrogens is 3. The van der Waals surface area contributed by atoms with Crippen molar-refractivity contribution >= 4 is 22.8 Å². The molecule has 0 saturated carbocycles. The standard InChI is InChI=1S/C13H13F2N6O.W/c14-13(15)2-4-17-5-8(13)21-12-10-9(19-6-20-12)7(11(16)22)1-3-18-10;/h1,6,8,17H,2,4-5H2,(H2,16,22)(H,19,20,21);/q-1;/t8-;/m1./s1. The monoisotopic (exact) mass is 491 g/mol. The number of nitrogens with one attached hydrogen (secondary N) is 2. The predicted molar refractivity (Wildman–Crippen MR) is 74.5 cm³/mol. The van der Waals surface area contributed by atoms with Gasteiger partial charge in [-0.15, -0.1) is 6.07 Å². The van der Waals surface area contributed by atoms with Gasteiger partial charge < -0.3 is 21.4 Å². The molecule has 1 fully saturated rings. The van der Waals surface area contributed by atoms with Crippen molar-refractivity contribution in [2.75, 3.05) is 18.4 Å². The number of fused-ring (bicyclic) bond motifs is 1. The summed E-state index contributed by atoms with van der Waals surface area (Å²) in [5.74, 6) is -3.44. The number of nitrogens with zero attached hydrogens (tertiary/aromatic N) is 3. The summed E-state index contributed by atoms with van der Waals surface area (Å²) in [4.78, 5) is 23.2. The van der Waals surface area contributed by atoms with Gasteiger partial charge in [-0.2, -0.15) is 0 Å². The third kappa shape index (κ3) is 3.45. The van der Waals surface area contributed by atoms with E-state index >= 15 is 0 Å². The Balaban J connectivity index is 0.00000192. The number of nitrogens with two attached hydrogens (primary N) is 1. The summed E-state index contributed by atoms with van der Waals surface area (Å²) in [6.45, 7) is 0.352. The van der Waals surface area contributed by atoms with Gasteiger partial charge in [-0.25, -0.2) is 13.8 Å². The topological polar surface area (TPSA) is 106 Å². The van der Waals surface area contributed by atoms with Crippen molar-refractivity contribution in [3.05, 3.63) is 24.2 Å². The molecule has 3 rings (SSSR count). The van der Waals surface area contributed by atoms with Gasteiger partial charge in [-0.3, -0.25) is 9.78 Å². The molecule has 23 heavy (non-hydrogen) atoms. The van der Waals surface area contributed by atoms with Crippen molar-refractivity contribution in [3.8, 4) is 0 Å². The van der Waals surface area contributed by atoms with E-state index in [0.29, 0.717) is 0 Å². The second kappa shape index (κ2) is 6.80. The minimum absolute atomic E-state index is 0. The van der Waals surface area contributed by atoms with E-state index in [2.05, 4.69) is 31.8 Å². The van der Waals surface area contributed by atoms with E-state index in [1.165, 1.54) is 12.4 Å². The van der Waals surface area contributed by atoms with Crippen LogP contribution < -0.4 is 16.4 Å². The molecule has 122 valence electrons. The van der Waals surface area contributed by atoms with Crippen molar-refractivity contribution in [2.24, 2.45) is 5.73 Å². The quantitative estimate of drug-likeness (QED) is 0.535. The van der Waals surface area contributed by atoms with Gasteiger partial charge >= 0.3 is 0 Å². The van der Waals surface area contributed by atoms with Gasteiger partial charge in [0.2, 0.25) is 0 Å². The summed E-state index contributed by atoms with van der Waals surface area (Å²) in [7, 11) is 0. The first kappa shape index (κ1) is 17.6. The first-order valence-corrected chi connectivity index (χ1v) is 6.66. The molecule has 1 amide bonds. The summed E-state index contributed by atoms with van der Waals surface area (Å²) in [5.41, 5.74) is 5.76. The van der Waals surface area contributed by atoms with Gasteiger partial charge in [0.25, 0.3) is 5.92 Å². The molecule has 0 spiro atoms. The van der Waals surface area contributed by atoms with Crippen LogP contribution in [0.1, 0.15) is 16.8 Å². The van der Waals surface area contributed by atoms with Gasteiger partial charge in [0.1, 0.15) is 12.4 Å². The number of rotatable bonds is 3. The molecular weight excluding hydrogens is 478 g/mol. The maximum atomic E-state index is 13.9. The van der Waals surface area contributed by atoms with Crippen LogP contribution in [0, 0.1) is 6.20 Å². The molecule has 7 nitrogen and oxygen atoms in total. The SMILES string of the molecule is NC(=O)c1c[c-]nc2c(N[C@@H]3CNCCC3(F)F)ncnc12.[W]. The predicted octanol–water partition coefficient (Wildman–Crippen LogP) is 0.330. The molecule has 0 aliphatic carbocycles. The third-order valence-electron chi connectivity index (χ3n) is 3.53. The van der Waals surface area contributed by atoms with Gasteiger partial charge in [-0.1, -0.05) is 6.20 Å². The fourth-order valence-electron chi connectivity index (χ4n) is 2.35. The zero-order chi connectivity index (χ0) is 15.7. The summed E-state index contributed by atoms with van der Waals surface area (Å²) < 4.78 is 27.8. The Morgan fingerprint density at radius 3 is 2.91 bits per heavy atom. The number of alkyl halides is 2. The molecule has 0 aromatic carbocycles. The smallest absolute Gasteiger partial charge is 0.270 e. The number of primary amides is 1. The van der Waals surface area contributed by atoms with E-state index in [1.54, 1.807) is 0 Å². The Morgan fingerprint density at radius 2 is 2.22 bits per heavy atom. The van der Waals surface area contributed by atoms with Crippen molar-refractivity contribution < 1.29 is 34.6 Å². The summed E-state index contributed by atoms with van der Waals surface area (Å²) in [5, 5.41) is 5.58. The van der Waals surface area contributed by atoms with Gasteiger partial charge in [-0.05, 0) is 11.1 Å². The number of pyridine rings is 1. The zero-order valence-electron chi connectivity index (χ0n) is 11.8. The van der Waals surface area contributed by atoms with Crippen LogP contribution in [0.5, 0.6) is 0 Å². The first-order valence-electron chi connectivity index (χ1n) is 6.66. The van der Waals surface area contributed by atoms with Crippen molar-refractivity contribution in [1.82, 2.24) is 20.3 Å². The number of amides is 1. The Morgan fingerprint density at radius 1 is 1.43 bits per heavy atom. The van der Waals surface area contributed by atoms with E-state index in [-0.39, 0.29) is 63.0 Å². The van der Waals surface area contributed by atoms with E-state index in [9.17, 15) is 13.6 Å². The normalized spacial score (nSPS) is 19.8. The van der Waals surface area contributed by atoms with Crippen LogP contribution in [0.3, 0.4) is 0 Å². The van der Waals surface area contributed by atoms with E-state index in [4.69, 9.17) is 5.73 Å². The number of carbonyl (C=O) groups excluding carboxylic acids is 1. The molecule has 1 saturated heterocycles. The molecule has 1 atom stereocenters. The largest absolute Gasteiger partial charge is 0.381 e. The Kier molecular flexibility index (Phi) is 5.21. The second-order valence-electron chi connectivity index (χ2n) is 4.99. The zero-order valence-corrected chi connectivity index (χ0v) is 14.8. The van der Waals surface area contributed by atoms with E-state index in [1.807, 2.05) is 0 Å². The Bertz CT molecular complexity index is 729. The molecular formula is C13H13F2N6OW-. The van der Waals surface area contributed by atoms with E-state index < -0.39 is 17.9 Å². The van der Waals surface area contributed by atoms with Crippen molar-refractivity contribution in [2.45, 2.75) is 18.4 Å². The molecule has 2 aromatic heterocycles. The number of piperidine rings is 1. The number of hydrogen-bond donors (Lipinski definition) is 3.